The fraction of sp³-hybridized carbons (Fsp3) is 0.316. The number of methoxy groups -OCH3 is 1. The average molecular weight is 812 g/mol. The number of sulfonamides is 1. The molecular weight excluding hydrogens is 772 g/mol. The third-order valence-corrected chi connectivity index (χ3v) is 11.6. The summed E-state index contributed by atoms with van der Waals surface area (Å²) in [5.74, 6) is -0.938. The molecule has 4 aromatic rings. The van der Waals surface area contributed by atoms with E-state index in [0.717, 1.165) is 52.5 Å². The van der Waals surface area contributed by atoms with Gasteiger partial charge in [-0.25, -0.2) is 8.42 Å². The van der Waals surface area contributed by atoms with E-state index in [-0.39, 0.29) is 46.9 Å². The number of benzene rings is 4. The van der Waals surface area contributed by atoms with Crippen LogP contribution in [-0.4, -0.2) is 55.8 Å². The smallest absolute Gasteiger partial charge is 0.273 e. The second-order valence-electron chi connectivity index (χ2n) is 12.7. The molecule has 4 aromatic carbocycles. The van der Waals surface area contributed by atoms with Gasteiger partial charge >= 0.3 is 0 Å². The Hall–Kier alpha value is -4.46. The van der Waals surface area contributed by atoms with Crippen molar-refractivity contribution in [3.8, 4) is 5.75 Å². The third kappa shape index (κ3) is 9.50. The number of ether oxygens (including phenoxy) is 1. The summed E-state index contributed by atoms with van der Waals surface area (Å²) in [5.41, 5.74) is 1.32. The van der Waals surface area contributed by atoms with Gasteiger partial charge in [0.15, 0.2) is 0 Å². The summed E-state index contributed by atoms with van der Waals surface area (Å²) < 4.78 is 36.3. The van der Waals surface area contributed by atoms with Crippen molar-refractivity contribution in [3.63, 3.8) is 0 Å². The van der Waals surface area contributed by atoms with Gasteiger partial charge in [-0.1, -0.05) is 95.3 Å². The summed E-state index contributed by atoms with van der Waals surface area (Å²) >= 11 is 9.88. The van der Waals surface area contributed by atoms with Crippen LogP contribution in [0.4, 0.5) is 11.4 Å². The molecule has 1 atom stereocenters. The second-order valence-corrected chi connectivity index (χ2v) is 15.9. The molecule has 52 heavy (non-hydrogen) atoms. The van der Waals surface area contributed by atoms with Crippen molar-refractivity contribution >= 4 is 60.7 Å². The molecule has 0 heterocycles. The lowest BCUT2D eigenvalue weighted by molar-refractivity contribution is -0.385. The van der Waals surface area contributed by atoms with Gasteiger partial charge in [0, 0.05) is 40.1 Å². The number of anilines is 1. The topological polar surface area (TPSA) is 139 Å². The number of hydrogen-bond donors (Lipinski definition) is 1. The molecule has 0 saturated heterocycles. The highest BCUT2D eigenvalue weighted by molar-refractivity contribution is 9.10. The van der Waals surface area contributed by atoms with E-state index in [1.807, 2.05) is 54.6 Å². The molecular formula is C38H40BrClN4O7S. The van der Waals surface area contributed by atoms with Crippen molar-refractivity contribution in [3.05, 3.63) is 127 Å². The van der Waals surface area contributed by atoms with E-state index in [1.54, 1.807) is 0 Å². The van der Waals surface area contributed by atoms with Crippen molar-refractivity contribution in [2.75, 3.05) is 18.0 Å². The highest BCUT2D eigenvalue weighted by Crippen LogP contribution is 2.36. The van der Waals surface area contributed by atoms with E-state index in [1.165, 1.54) is 49.3 Å². The molecule has 1 fully saturated rings. The minimum Gasteiger partial charge on any atom is -0.495 e. The largest absolute Gasteiger partial charge is 0.495 e. The zero-order chi connectivity index (χ0) is 37.4. The predicted octanol–water partition coefficient (Wildman–Crippen LogP) is 7.61. The predicted molar refractivity (Wildman–Crippen MR) is 204 cm³/mol. The summed E-state index contributed by atoms with van der Waals surface area (Å²) in [6.45, 7) is 0.696. The lowest BCUT2D eigenvalue weighted by Gasteiger charge is -2.35. The molecule has 0 aliphatic heterocycles. The summed E-state index contributed by atoms with van der Waals surface area (Å²) in [6.07, 6.45) is 4.88. The Labute approximate surface area is 317 Å². The number of rotatable bonds is 14. The molecule has 1 aliphatic carbocycles. The van der Waals surface area contributed by atoms with E-state index in [0.29, 0.717) is 5.56 Å². The van der Waals surface area contributed by atoms with Crippen molar-refractivity contribution in [1.29, 1.82) is 0 Å². The zero-order valence-electron chi connectivity index (χ0n) is 28.8. The van der Waals surface area contributed by atoms with Gasteiger partial charge in [-0.2, -0.15) is 0 Å². The first-order valence-electron chi connectivity index (χ1n) is 16.9. The fourth-order valence-electron chi connectivity index (χ4n) is 6.38. The number of nitro groups is 1. The molecule has 274 valence electrons. The SMILES string of the molecule is COc1ccc(Cl)cc1N(CC(=O)N(Cc1cccc(Br)c1)[C@H](Cc1ccccc1)C(=O)NC1CCCCC1)S(=O)(=O)c1ccc(C)c([N+](=O)[O-])c1. The Bertz CT molecular complexity index is 2030. The van der Waals surface area contributed by atoms with E-state index >= 15 is 0 Å². The minimum atomic E-state index is -4.68. The van der Waals surface area contributed by atoms with Gasteiger partial charge in [0.05, 0.1) is 22.6 Å². The molecule has 0 spiro atoms. The Morgan fingerprint density at radius 2 is 1.69 bits per heavy atom. The molecule has 1 N–H and O–H groups in total. The first-order valence-corrected chi connectivity index (χ1v) is 19.5. The standard InChI is InChI=1S/C38H40BrClN4O7S/c1-26-16-18-32(23-33(26)44(47)48)52(49,50)43(34-22-30(40)17-19-36(34)51-2)25-37(45)42(24-28-12-9-13-29(39)20-28)35(21-27-10-5-3-6-11-27)38(46)41-31-14-7-4-8-15-31/h3,5-6,9-13,16-20,22-23,31,35H,4,7-8,14-15,21,24-25H2,1-2H3,(H,41,46)/t35-/m1/s1. The highest BCUT2D eigenvalue weighted by atomic mass is 79.9. The lowest BCUT2D eigenvalue weighted by Crippen LogP contribution is -2.55. The Balaban J connectivity index is 1.63. The summed E-state index contributed by atoms with van der Waals surface area (Å²) in [4.78, 5) is 41.4. The normalized spacial score (nSPS) is 13.9. The summed E-state index contributed by atoms with van der Waals surface area (Å²) in [6, 6.07) is 23.4. The molecule has 1 saturated carbocycles. The fourth-order valence-corrected chi connectivity index (χ4v) is 8.43. The summed E-state index contributed by atoms with van der Waals surface area (Å²) in [5, 5.41) is 15.2. The maximum atomic E-state index is 14.9. The van der Waals surface area contributed by atoms with Crippen LogP contribution in [0.5, 0.6) is 5.75 Å². The Morgan fingerprint density at radius 3 is 2.37 bits per heavy atom. The second kappa shape index (κ2) is 17.4. The molecule has 0 radical (unpaired) electrons. The van der Waals surface area contributed by atoms with Crippen molar-refractivity contribution in [2.24, 2.45) is 0 Å². The zero-order valence-corrected chi connectivity index (χ0v) is 32.0. The van der Waals surface area contributed by atoms with Crippen LogP contribution in [0.15, 0.2) is 100 Å². The first-order chi connectivity index (χ1) is 24.9. The van der Waals surface area contributed by atoms with Crippen LogP contribution >= 0.6 is 27.5 Å². The number of nitrogens with zero attached hydrogens (tertiary/aromatic N) is 3. The number of carbonyl (C=O) groups excluding carboxylic acids is 2. The van der Waals surface area contributed by atoms with E-state index in [4.69, 9.17) is 16.3 Å². The maximum Gasteiger partial charge on any atom is 0.273 e. The molecule has 14 heteroatoms. The molecule has 0 bridgehead atoms. The van der Waals surface area contributed by atoms with Gasteiger partial charge in [-0.15, -0.1) is 0 Å². The van der Waals surface area contributed by atoms with Gasteiger partial charge < -0.3 is 15.0 Å². The lowest BCUT2D eigenvalue weighted by atomic mass is 9.94. The number of nitrogens with one attached hydrogen (secondary N) is 1. The monoisotopic (exact) mass is 810 g/mol. The van der Waals surface area contributed by atoms with Crippen LogP contribution in [0.2, 0.25) is 5.02 Å². The molecule has 11 nitrogen and oxygen atoms in total. The van der Waals surface area contributed by atoms with Gasteiger partial charge in [-0.3, -0.25) is 24.0 Å². The molecule has 2 amide bonds. The van der Waals surface area contributed by atoms with Crippen LogP contribution in [-0.2, 0) is 32.6 Å². The van der Waals surface area contributed by atoms with Crippen LogP contribution in [0, 0.1) is 17.0 Å². The van der Waals surface area contributed by atoms with E-state index < -0.39 is 44.0 Å². The number of halogens is 2. The van der Waals surface area contributed by atoms with Crippen molar-refractivity contribution in [2.45, 2.75) is 69.0 Å². The number of carbonyl (C=O) groups is 2. The number of aryl methyl sites for hydroxylation is 1. The molecule has 5 rings (SSSR count). The molecule has 1 aliphatic rings. The third-order valence-electron chi connectivity index (χ3n) is 9.12. The molecule has 0 unspecified atom stereocenters. The summed E-state index contributed by atoms with van der Waals surface area (Å²) in [7, 11) is -3.33. The Morgan fingerprint density at radius 1 is 0.981 bits per heavy atom. The number of amides is 2. The van der Waals surface area contributed by atoms with Crippen LogP contribution < -0.4 is 14.4 Å². The number of nitro benzene ring substituents is 1. The number of hydrogen-bond acceptors (Lipinski definition) is 7. The van der Waals surface area contributed by atoms with E-state index in [2.05, 4.69) is 21.2 Å². The van der Waals surface area contributed by atoms with Crippen molar-refractivity contribution < 1.29 is 27.7 Å². The van der Waals surface area contributed by atoms with Crippen LogP contribution in [0.3, 0.4) is 0 Å². The van der Waals surface area contributed by atoms with Gasteiger partial charge in [0.25, 0.3) is 15.7 Å². The van der Waals surface area contributed by atoms with Crippen LogP contribution in [0.25, 0.3) is 0 Å². The minimum absolute atomic E-state index is 0.0234. The van der Waals surface area contributed by atoms with Crippen molar-refractivity contribution in [1.82, 2.24) is 10.2 Å². The quantitative estimate of drug-likeness (QED) is 0.102. The van der Waals surface area contributed by atoms with E-state index in [9.17, 15) is 28.1 Å². The first kappa shape index (κ1) is 38.8. The van der Waals surface area contributed by atoms with Gasteiger partial charge in [0.2, 0.25) is 11.8 Å². The van der Waals surface area contributed by atoms with Gasteiger partial charge in [-0.05, 0) is 67.3 Å². The maximum absolute atomic E-state index is 14.9. The molecule has 0 aromatic heterocycles. The van der Waals surface area contributed by atoms with Crippen LogP contribution in [0.1, 0.15) is 48.8 Å². The van der Waals surface area contributed by atoms with Gasteiger partial charge in [0.1, 0.15) is 18.3 Å². The Kier molecular flexibility index (Phi) is 12.9. The highest BCUT2D eigenvalue weighted by Gasteiger charge is 2.37. The average Bonchev–Trinajstić information content (AvgIpc) is 3.12.